The molecule has 0 bridgehead atoms. The summed E-state index contributed by atoms with van der Waals surface area (Å²) in [7, 11) is 8.14. The lowest BCUT2D eigenvalue weighted by atomic mass is 10.1. The summed E-state index contributed by atoms with van der Waals surface area (Å²) < 4.78 is 5.47. The molecule has 1 fully saturated rings. The third-order valence-corrected chi connectivity index (χ3v) is 3.46. The van der Waals surface area contributed by atoms with E-state index in [2.05, 4.69) is 34.1 Å². The van der Waals surface area contributed by atoms with Gasteiger partial charge < -0.3 is 14.5 Å². The first-order chi connectivity index (χ1) is 9.52. The molecule has 0 amide bonds. The predicted molar refractivity (Wildman–Crippen MR) is 99.0 cm³/mol. The summed E-state index contributed by atoms with van der Waals surface area (Å²) in [4.78, 5) is 8.97. The average molecular weight is 403 g/mol. The van der Waals surface area contributed by atoms with Gasteiger partial charge in [-0.15, -0.1) is 24.0 Å². The lowest BCUT2D eigenvalue weighted by Crippen LogP contribution is -2.35. The van der Waals surface area contributed by atoms with Crippen LogP contribution in [0.4, 0.5) is 0 Å². The first kappa shape index (κ1) is 18.1. The number of hydrogen-bond acceptors (Lipinski definition) is 2. The topological polar surface area (TPSA) is 28.1 Å². The molecule has 1 saturated carbocycles. The molecule has 0 N–H and O–H groups in total. The summed E-state index contributed by atoms with van der Waals surface area (Å²) in [6.45, 7) is 2.72. The van der Waals surface area contributed by atoms with Crippen molar-refractivity contribution in [1.82, 2.24) is 9.80 Å². The molecule has 1 aromatic carbocycles. The highest BCUT2D eigenvalue weighted by atomic mass is 127. The van der Waals surface area contributed by atoms with E-state index in [1.807, 2.05) is 35.1 Å². The number of guanidine groups is 1. The fourth-order valence-corrected chi connectivity index (χ4v) is 2.44. The number of hydrogen-bond donors (Lipinski definition) is 0. The first-order valence-electron chi connectivity index (χ1n) is 7.18. The number of halogens is 1. The van der Waals surface area contributed by atoms with Crippen molar-refractivity contribution in [3.8, 4) is 5.75 Å². The zero-order valence-electron chi connectivity index (χ0n) is 13.5. The Labute approximate surface area is 145 Å². The van der Waals surface area contributed by atoms with E-state index in [1.54, 1.807) is 0 Å². The lowest BCUT2D eigenvalue weighted by molar-refractivity contribution is 0.340. The third-order valence-electron chi connectivity index (χ3n) is 3.46. The van der Waals surface area contributed by atoms with Crippen molar-refractivity contribution in [3.63, 3.8) is 0 Å². The van der Waals surface area contributed by atoms with E-state index < -0.39 is 0 Å². The minimum atomic E-state index is 0. The summed E-state index contributed by atoms with van der Waals surface area (Å²) >= 11 is 0. The Kier molecular flexibility index (Phi) is 6.77. The lowest BCUT2D eigenvalue weighted by Gasteiger charge is -2.22. The molecule has 1 aliphatic rings. The molecule has 2 unspecified atom stereocenters. The maximum atomic E-state index is 5.47. The zero-order valence-corrected chi connectivity index (χ0v) is 15.9. The summed E-state index contributed by atoms with van der Waals surface area (Å²) in [6, 6.07) is 8.84. The molecule has 0 heterocycles. The Bertz CT molecular complexity index is 461. The van der Waals surface area contributed by atoms with Gasteiger partial charge in [-0.1, -0.05) is 12.1 Å². The van der Waals surface area contributed by atoms with Crippen LogP contribution < -0.4 is 4.74 Å². The van der Waals surface area contributed by atoms with Gasteiger partial charge in [0.1, 0.15) is 5.75 Å². The van der Waals surface area contributed by atoms with E-state index in [0.29, 0.717) is 18.6 Å². The van der Waals surface area contributed by atoms with Crippen LogP contribution in [0, 0.1) is 0 Å². The molecule has 2 rings (SSSR count). The molecule has 5 heteroatoms. The fraction of sp³-hybridized carbons (Fsp3) is 0.562. The predicted octanol–water partition coefficient (Wildman–Crippen LogP) is 3.04. The van der Waals surface area contributed by atoms with Crippen molar-refractivity contribution in [1.29, 1.82) is 0 Å². The van der Waals surface area contributed by atoms with Crippen LogP contribution >= 0.6 is 24.0 Å². The average Bonchev–Trinajstić information content (AvgIpc) is 3.16. The van der Waals surface area contributed by atoms with Crippen LogP contribution in [0.1, 0.15) is 24.8 Å². The first-order valence-corrected chi connectivity index (χ1v) is 7.18. The molecule has 2 atom stereocenters. The number of nitrogens with zero attached hydrogens (tertiary/aromatic N) is 3. The second-order valence-corrected chi connectivity index (χ2v) is 5.63. The normalized spacial score (nSPS) is 19.3. The van der Waals surface area contributed by atoms with E-state index >= 15 is 0 Å². The summed E-state index contributed by atoms with van der Waals surface area (Å²) in [5.41, 5.74) is 1.36. The SMILES string of the molecule is CCOc1ccc(C2CC2N=C(N(C)C)N(C)C)cc1.I. The largest absolute Gasteiger partial charge is 0.494 e. The molecule has 118 valence electrons. The Hall–Kier alpha value is -0.980. The Morgan fingerprint density at radius 3 is 2.19 bits per heavy atom. The van der Waals surface area contributed by atoms with Crippen LogP contribution in [0.15, 0.2) is 29.3 Å². The van der Waals surface area contributed by atoms with Gasteiger partial charge in [0.05, 0.1) is 12.6 Å². The van der Waals surface area contributed by atoms with Crippen LogP contribution in [0.5, 0.6) is 5.75 Å². The third kappa shape index (κ3) is 4.76. The fourth-order valence-electron chi connectivity index (χ4n) is 2.44. The maximum absolute atomic E-state index is 5.47. The van der Waals surface area contributed by atoms with E-state index in [-0.39, 0.29) is 24.0 Å². The van der Waals surface area contributed by atoms with E-state index in [9.17, 15) is 0 Å². The maximum Gasteiger partial charge on any atom is 0.195 e. The van der Waals surface area contributed by atoms with Crippen molar-refractivity contribution < 1.29 is 4.74 Å². The van der Waals surface area contributed by atoms with Crippen LogP contribution in [-0.4, -0.2) is 56.6 Å². The van der Waals surface area contributed by atoms with Crippen molar-refractivity contribution >= 4 is 29.9 Å². The zero-order chi connectivity index (χ0) is 14.7. The molecule has 4 nitrogen and oxygen atoms in total. The summed E-state index contributed by atoms with van der Waals surface area (Å²) in [5, 5.41) is 0. The molecule has 0 aromatic heterocycles. The van der Waals surface area contributed by atoms with Crippen molar-refractivity contribution in [2.24, 2.45) is 4.99 Å². The second kappa shape index (κ2) is 7.87. The van der Waals surface area contributed by atoms with Gasteiger partial charge in [0.25, 0.3) is 0 Å². The Balaban J connectivity index is 0.00000220. The van der Waals surface area contributed by atoms with Crippen LogP contribution in [0.3, 0.4) is 0 Å². The summed E-state index contributed by atoms with van der Waals surface area (Å²) in [5.74, 6) is 2.53. The molecular weight excluding hydrogens is 377 g/mol. The molecule has 0 spiro atoms. The highest BCUT2D eigenvalue weighted by Crippen LogP contribution is 2.44. The summed E-state index contributed by atoms with van der Waals surface area (Å²) in [6.07, 6.45) is 1.14. The van der Waals surface area contributed by atoms with Gasteiger partial charge in [0.15, 0.2) is 5.96 Å². The molecule has 21 heavy (non-hydrogen) atoms. The van der Waals surface area contributed by atoms with Gasteiger partial charge in [-0.05, 0) is 31.0 Å². The quantitative estimate of drug-likeness (QED) is 0.440. The van der Waals surface area contributed by atoms with Gasteiger partial charge in [0.2, 0.25) is 0 Å². The highest BCUT2D eigenvalue weighted by molar-refractivity contribution is 14.0. The molecule has 0 aliphatic heterocycles. The van der Waals surface area contributed by atoms with E-state index in [0.717, 1.165) is 18.1 Å². The number of ether oxygens (including phenoxy) is 1. The Morgan fingerprint density at radius 2 is 1.71 bits per heavy atom. The van der Waals surface area contributed by atoms with E-state index in [1.165, 1.54) is 5.56 Å². The van der Waals surface area contributed by atoms with Gasteiger partial charge >= 0.3 is 0 Å². The van der Waals surface area contributed by atoms with Gasteiger partial charge in [-0.3, -0.25) is 0 Å². The number of benzene rings is 1. The number of aliphatic imine (C=N–C) groups is 1. The Morgan fingerprint density at radius 1 is 1.14 bits per heavy atom. The minimum absolute atomic E-state index is 0. The highest BCUT2D eigenvalue weighted by Gasteiger charge is 2.39. The van der Waals surface area contributed by atoms with Crippen LogP contribution in [-0.2, 0) is 0 Å². The van der Waals surface area contributed by atoms with Crippen LogP contribution in [0.2, 0.25) is 0 Å². The van der Waals surface area contributed by atoms with Crippen molar-refractivity contribution in [2.75, 3.05) is 34.8 Å². The molecule has 1 aliphatic carbocycles. The molecular formula is C16H26IN3O. The molecule has 0 radical (unpaired) electrons. The smallest absolute Gasteiger partial charge is 0.195 e. The van der Waals surface area contributed by atoms with Gasteiger partial charge in [-0.2, -0.15) is 0 Å². The van der Waals surface area contributed by atoms with Crippen LogP contribution in [0.25, 0.3) is 0 Å². The van der Waals surface area contributed by atoms with Gasteiger partial charge in [-0.25, -0.2) is 4.99 Å². The van der Waals surface area contributed by atoms with Gasteiger partial charge in [0, 0.05) is 34.1 Å². The van der Waals surface area contributed by atoms with E-state index in [4.69, 9.17) is 9.73 Å². The minimum Gasteiger partial charge on any atom is -0.494 e. The standard InChI is InChI=1S/C16H25N3O.HI/c1-6-20-13-9-7-12(8-10-13)14-11-15(14)17-16(18(2)3)19(4)5;/h7-10,14-15H,6,11H2,1-5H3;1H. The monoisotopic (exact) mass is 403 g/mol. The number of rotatable bonds is 4. The second-order valence-electron chi connectivity index (χ2n) is 5.63. The molecule has 1 aromatic rings. The molecule has 0 saturated heterocycles. The van der Waals surface area contributed by atoms with Crippen molar-refractivity contribution in [3.05, 3.63) is 29.8 Å². The van der Waals surface area contributed by atoms with Crippen molar-refractivity contribution in [2.45, 2.75) is 25.3 Å².